The molecule has 4 rings (SSSR count). The molecule has 0 radical (unpaired) electrons. The number of benzene rings is 1. The normalized spacial score (nSPS) is 21.7. The fourth-order valence-corrected chi connectivity index (χ4v) is 4.42. The van der Waals surface area contributed by atoms with Gasteiger partial charge in [-0.1, -0.05) is 38.1 Å². The Morgan fingerprint density at radius 1 is 1.16 bits per heavy atom. The summed E-state index contributed by atoms with van der Waals surface area (Å²) in [5.41, 5.74) is 1.80. The van der Waals surface area contributed by atoms with Gasteiger partial charge in [-0.05, 0) is 39.1 Å². The number of ether oxygens (including phenoxy) is 2. The Balaban J connectivity index is 1.51. The number of alkyl carbamates (subject to hydrolysis) is 1. The molecule has 2 atom stereocenters. The zero-order chi connectivity index (χ0) is 27.0. The van der Waals surface area contributed by atoms with E-state index in [-0.39, 0.29) is 11.8 Å². The van der Waals surface area contributed by atoms with Gasteiger partial charge in [-0.25, -0.2) is 9.78 Å². The maximum atomic E-state index is 13.4. The Kier molecular flexibility index (Phi) is 7.68. The molecule has 2 N–H and O–H groups in total. The molecule has 1 aromatic heterocycles. The van der Waals surface area contributed by atoms with E-state index in [4.69, 9.17) is 23.8 Å². The van der Waals surface area contributed by atoms with E-state index in [1.807, 2.05) is 72.0 Å². The monoisotopic (exact) mass is 512 g/mol. The zero-order valence-electron chi connectivity index (χ0n) is 22.7. The fourth-order valence-electron chi connectivity index (χ4n) is 4.42. The second-order valence-electron chi connectivity index (χ2n) is 10.9. The van der Waals surface area contributed by atoms with E-state index in [0.717, 1.165) is 16.7 Å². The first kappa shape index (κ1) is 27.2. The second-order valence-corrected chi connectivity index (χ2v) is 10.9. The SMILES string of the molecule is COC(=O)N[C@H](C(=O)N1CCOC[C@H]1c1nc(-c2ccc(B3OC(C)(C)C(C)(C)O3)cc2)c[nH]1)C(C)C. The van der Waals surface area contributed by atoms with Crippen LogP contribution in [0.5, 0.6) is 0 Å². The quantitative estimate of drug-likeness (QED) is 0.572. The van der Waals surface area contributed by atoms with Gasteiger partial charge in [0.15, 0.2) is 0 Å². The molecule has 11 heteroatoms. The Morgan fingerprint density at radius 2 is 1.81 bits per heavy atom. The van der Waals surface area contributed by atoms with Crippen LogP contribution in [0.3, 0.4) is 0 Å². The fraction of sp³-hybridized carbons (Fsp3) is 0.577. The van der Waals surface area contributed by atoms with E-state index >= 15 is 0 Å². The standard InChI is InChI=1S/C26H37BN4O6/c1-16(2)21(30-24(33)34-7)23(32)31-12-13-35-15-20(31)22-28-14-19(29-22)17-8-10-18(11-9-17)27-36-25(3,4)26(5,6)37-27/h8-11,14,16,20-21H,12-13,15H2,1-7H3,(H,28,29)(H,30,33)/t20-,21-/m0/s1. The lowest BCUT2D eigenvalue weighted by Gasteiger charge is -2.37. The van der Waals surface area contributed by atoms with Crippen molar-refractivity contribution in [3.63, 3.8) is 0 Å². The Morgan fingerprint density at radius 3 is 2.41 bits per heavy atom. The lowest BCUT2D eigenvalue weighted by Crippen LogP contribution is -2.54. The number of rotatable bonds is 6. The lowest BCUT2D eigenvalue weighted by molar-refractivity contribution is -0.143. The molecular weight excluding hydrogens is 475 g/mol. The topological polar surface area (TPSA) is 115 Å². The van der Waals surface area contributed by atoms with Crippen LogP contribution < -0.4 is 10.8 Å². The minimum Gasteiger partial charge on any atom is -0.453 e. The number of aromatic nitrogens is 2. The highest BCUT2D eigenvalue weighted by atomic mass is 16.7. The number of amides is 2. The van der Waals surface area contributed by atoms with Crippen molar-refractivity contribution >= 4 is 24.6 Å². The number of carbonyl (C=O) groups is 2. The minimum atomic E-state index is -0.718. The van der Waals surface area contributed by atoms with E-state index in [9.17, 15) is 9.59 Å². The first-order chi connectivity index (χ1) is 17.4. The molecule has 2 aliphatic rings. The van der Waals surface area contributed by atoms with Gasteiger partial charge in [0.1, 0.15) is 17.9 Å². The molecule has 0 spiro atoms. The summed E-state index contributed by atoms with van der Waals surface area (Å²) in [5.74, 6) is 0.307. The number of hydrogen-bond acceptors (Lipinski definition) is 7. The summed E-state index contributed by atoms with van der Waals surface area (Å²) < 4.78 is 22.7. The molecular formula is C26H37BN4O6. The van der Waals surface area contributed by atoms with Crippen LogP contribution in [0.25, 0.3) is 11.3 Å². The van der Waals surface area contributed by atoms with Gasteiger partial charge in [-0.2, -0.15) is 0 Å². The number of nitrogens with one attached hydrogen (secondary N) is 2. The third kappa shape index (κ3) is 5.53. The third-order valence-electron chi connectivity index (χ3n) is 7.45. The number of carbonyl (C=O) groups excluding carboxylic acids is 2. The number of hydrogen-bond donors (Lipinski definition) is 2. The molecule has 200 valence electrons. The van der Waals surface area contributed by atoms with Crippen molar-refractivity contribution in [1.82, 2.24) is 20.2 Å². The second kappa shape index (κ2) is 10.5. The number of morpholine rings is 1. The molecule has 2 aliphatic heterocycles. The van der Waals surface area contributed by atoms with Gasteiger partial charge in [0.05, 0.1) is 37.2 Å². The Hall–Kier alpha value is -2.89. The van der Waals surface area contributed by atoms with E-state index in [1.54, 1.807) is 4.90 Å². The van der Waals surface area contributed by atoms with Crippen LogP contribution in [0.2, 0.25) is 0 Å². The van der Waals surface area contributed by atoms with Gasteiger partial charge in [0.2, 0.25) is 5.91 Å². The molecule has 2 amide bonds. The van der Waals surface area contributed by atoms with E-state index in [1.165, 1.54) is 7.11 Å². The largest absolute Gasteiger partial charge is 0.494 e. The predicted molar refractivity (Wildman–Crippen MR) is 139 cm³/mol. The van der Waals surface area contributed by atoms with Crippen LogP contribution in [0.4, 0.5) is 4.79 Å². The molecule has 2 saturated heterocycles. The molecule has 37 heavy (non-hydrogen) atoms. The molecule has 1 aromatic carbocycles. The lowest BCUT2D eigenvalue weighted by atomic mass is 9.79. The summed E-state index contributed by atoms with van der Waals surface area (Å²) in [5, 5.41) is 2.66. The van der Waals surface area contributed by atoms with E-state index < -0.39 is 36.5 Å². The van der Waals surface area contributed by atoms with Crippen LogP contribution in [-0.4, -0.2) is 78.1 Å². The van der Waals surface area contributed by atoms with Crippen molar-refractivity contribution in [3.8, 4) is 11.3 Å². The first-order valence-corrected chi connectivity index (χ1v) is 12.7. The van der Waals surface area contributed by atoms with Gasteiger partial charge >= 0.3 is 13.2 Å². The van der Waals surface area contributed by atoms with Crippen molar-refractivity contribution in [2.45, 2.75) is 64.8 Å². The van der Waals surface area contributed by atoms with Gasteiger partial charge in [-0.3, -0.25) is 4.79 Å². The van der Waals surface area contributed by atoms with Crippen molar-refractivity contribution in [1.29, 1.82) is 0 Å². The van der Waals surface area contributed by atoms with Crippen molar-refractivity contribution in [3.05, 3.63) is 36.3 Å². The summed E-state index contributed by atoms with van der Waals surface area (Å²) in [6, 6.07) is 6.81. The highest BCUT2D eigenvalue weighted by Crippen LogP contribution is 2.36. The summed E-state index contributed by atoms with van der Waals surface area (Å²) >= 11 is 0. The highest BCUT2D eigenvalue weighted by molar-refractivity contribution is 6.62. The Bertz CT molecular complexity index is 1100. The molecule has 10 nitrogen and oxygen atoms in total. The van der Waals surface area contributed by atoms with Crippen molar-refractivity contribution in [2.75, 3.05) is 26.9 Å². The molecule has 3 heterocycles. The van der Waals surface area contributed by atoms with Crippen molar-refractivity contribution in [2.24, 2.45) is 5.92 Å². The molecule has 2 aromatic rings. The predicted octanol–water partition coefficient (Wildman–Crippen LogP) is 2.66. The summed E-state index contributed by atoms with van der Waals surface area (Å²) in [7, 11) is 0.848. The molecule has 0 unspecified atom stereocenters. The van der Waals surface area contributed by atoms with Gasteiger partial charge in [-0.15, -0.1) is 0 Å². The summed E-state index contributed by atoms with van der Waals surface area (Å²) in [6.45, 7) is 13.0. The van der Waals surface area contributed by atoms with Crippen LogP contribution >= 0.6 is 0 Å². The molecule has 0 bridgehead atoms. The average Bonchev–Trinajstić information content (AvgIpc) is 3.44. The maximum absolute atomic E-state index is 13.4. The molecule has 0 saturated carbocycles. The van der Waals surface area contributed by atoms with E-state index in [0.29, 0.717) is 25.6 Å². The third-order valence-corrected chi connectivity index (χ3v) is 7.45. The molecule has 2 fully saturated rings. The smallest absolute Gasteiger partial charge is 0.453 e. The zero-order valence-corrected chi connectivity index (χ0v) is 22.7. The summed E-state index contributed by atoms with van der Waals surface area (Å²) in [6.07, 6.45) is 1.18. The van der Waals surface area contributed by atoms with Gasteiger partial charge in [0, 0.05) is 18.3 Å². The number of H-pyrrole nitrogens is 1. The number of methoxy groups -OCH3 is 1. The van der Waals surface area contributed by atoms with Crippen LogP contribution in [0, 0.1) is 5.92 Å². The number of imidazole rings is 1. The number of aromatic amines is 1. The van der Waals surface area contributed by atoms with Crippen LogP contribution in [-0.2, 0) is 23.6 Å². The molecule has 0 aliphatic carbocycles. The average molecular weight is 512 g/mol. The van der Waals surface area contributed by atoms with Crippen LogP contribution in [0.15, 0.2) is 30.5 Å². The highest BCUT2D eigenvalue weighted by Gasteiger charge is 2.51. The number of nitrogens with zero attached hydrogens (tertiary/aromatic N) is 2. The maximum Gasteiger partial charge on any atom is 0.494 e. The summed E-state index contributed by atoms with van der Waals surface area (Å²) in [4.78, 5) is 35.0. The van der Waals surface area contributed by atoms with Gasteiger partial charge in [0.25, 0.3) is 0 Å². The minimum absolute atomic E-state index is 0.121. The van der Waals surface area contributed by atoms with Gasteiger partial charge < -0.3 is 34.0 Å². The Labute approximate surface area is 218 Å². The first-order valence-electron chi connectivity index (χ1n) is 12.7. The van der Waals surface area contributed by atoms with Crippen molar-refractivity contribution < 1.29 is 28.4 Å². The van der Waals surface area contributed by atoms with Crippen LogP contribution in [0.1, 0.15) is 53.4 Å². The van der Waals surface area contributed by atoms with E-state index in [2.05, 4.69) is 10.3 Å².